The zero-order chi connectivity index (χ0) is 46.7. The van der Waals surface area contributed by atoms with Gasteiger partial charge in [-0.2, -0.15) is 0 Å². The zero-order valence-electron chi connectivity index (χ0n) is 39.4. The molecule has 10 aromatic carbocycles. The van der Waals surface area contributed by atoms with Crippen molar-refractivity contribution in [2.75, 3.05) is 9.80 Å². The predicted octanol–water partition coefficient (Wildman–Crippen LogP) is 18.3. The second-order valence-electron chi connectivity index (χ2n) is 19.7. The molecule has 12 aromatic rings. The largest absolute Gasteiger partial charge is 0.455 e. The van der Waals surface area contributed by atoms with Crippen LogP contribution in [-0.2, 0) is 5.41 Å². The lowest BCUT2D eigenvalue weighted by atomic mass is 9.78. The highest BCUT2D eigenvalue weighted by atomic mass is 16.3. The number of anilines is 5. The molecule has 1 unspecified atom stereocenters. The van der Waals surface area contributed by atoms with Crippen molar-refractivity contribution in [2.24, 2.45) is 5.92 Å². The molecule has 4 nitrogen and oxygen atoms in total. The fourth-order valence-electron chi connectivity index (χ4n) is 12.1. The quantitative estimate of drug-likeness (QED) is 0.149. The summed E-state index contributed by atoms with van der Waals surface area (Å²) in [5.41, 5.74) is 17.7. The first-order valence-electron chi connectivity index (χ1n) is 24.6. The number of rotatable bonds is 7. The molecule has 0 radical (unpaired) electrons. The average molecular weight is 900 g/mol. The maximum atomic E-state index is 7.19. The van der Waals surface area contributed by atoms with Gasteiger partial charge in [0.15, 0.2) is 0 Å². The van der Waals surface area contributed by atoms with Gasteiger partial charge in [0.25, 0.3) is 0 Å². The van der Waals surface area contributed by atoms with Gasteiger partial charge in [0.05, 0.1) is 11.0 Å². The van der Waals surface area contributed by atoms with Gasteiger partial charge < -0.3 is 18.8 Å². The number of allylic oxidation sites excluding steroid dienone is 4. The maximum absolute atomic E-state index is 7.19. The van der Waals surface area contributed by atoms with Gasteiger partial charge in [-0.25, -0.2) is 0 Å². The van der Waals surface area contributed by atoms with E-state index in [9.17, 15) is 0 Å². The molecule has 0 N–H and O–H groups in total. The van der Waals surface area contributed by atoms with Crippen LogP contribution in [0.2, 0.25) is 0 Å². The van der Waals surface area contributed by atoms with Crippen LogP contribution < -0.4 is 9.80 Å². The van der Waals surface area contributed by atoms with Gasteiger partial charge in [-0.3, -0.25) is 0 Å². The second kappa shape index (κ2) is 15.5. The minimum atomic E-state index is -0.0830. The minimum absolute atomic E-state index is 0.0830. The number of nitrogens with zero attached hydrogens (tertiary/aromatic N) is 3. The Bertz CT molecular complexity index is 4140. The summed E-state index contributed by atoms with van der Waals surface area (Å²) >= 11 is 0. The van der Waals surface area contributed by atoms with Crippen molar-refractivity contribution >= 4 is 99.3 Å². The standard InChI is InChI=1S/C66H49N3O/c1-42-37-56-50-26-15-17-29-58(50)66(2,3)59(56)41-62(42)68(44-21-9-5-10-22-44)48-32-35-54-63(40-48)70-65-53-34-31-46(38-55(53)49-25-13-14-28-52(49)64(54)65)67(43-19-7-4-8-20-43)47-33-36-61-57(39-47)51-27-16-18-30-60(51)69(61)45-23-11-6-12-24-45/h4-36,38-42H,37H2,1-3H3. The van der Waals surface area contributed by atoms with Gasteiger partial charge in [-0.15, -0.1) is 0 Å². The highest BCUT2D eigenvalue weighted by molar-refractivity contribution is 6.30. The molecule has 334 valence electrons. The number of para-hydroxylation sites is 4. The van der Waals surface area contributed by atoms with Crippen molar-refractivity contribution in [2.45, 2.75) is 32.6 Å². The van der Waals surface area contributed by atoms with E-state index in [0.717, 1.165) is 73.3 Å². The summed E-state index contributed by atoms with van der Waals surface area (Å²) in [6.07, 6.45) is 3.49. The fourth-order valence-corrected chi connectivity index (χ4v) is 12.1. The summed E-state index contributed by atoms with van der Waals surface area (Å²) in [6, 6.07) is 79.5. The Morgan fingerprint density at radius 3 is 1.80 bits per heavy atom. The first-order chi connectivity index (χ1) is 34.4. The first-order valence-corrected chi connectivity index (χ1v) is 24.6. The molecule has 70 heavy (non-hydrogen) atoms. The summed E-state index contributed by atoms with van der Waals surface area (Å²) in [5.74, 6) is 0.293. The highest BCUT2D eigenvalue weighted by Crippen LogP contribution is 2.54. The third-order valence-corrected chi connectivity index (χ3v) is 15.4. The molecule has 0 bridgehead atoms. The van der Waals surface area contributed by atoms with Crippen molar-refractivity contribution in [3.05, 3.63) is 247 Å². The Kier molecular flexibility index (Phi) is 8.94. The van der Waals surface area contributed by atoms with E-state index in [1.165, 1.54) is 60.5 Å². The van der Waals surface area contributed by atoms with Crippen LogP contribution in [0.3, 0.4) is 0 Å². The van der Waals surface area contributed by atoms with Crippen molar-refractivity contribution in [3.8, 4) is 5.69 Å². The van der Waals surface area contributed by atoms with Crippen LogP contribution in [0.4, 0.5) is 28.4 Å². The molecule has 0 saturated carbocycles. The molecule has 0 aliphatic heterocycles. The summed E-state index contributed by atoms with van der Waals surface area (Å²) in [5, 5.41) is 9.32. The summed E-state index contributed by atoms with van der Waals surface area (Å²) in [4.78, 5) is 4.86. The van der Waals surface area contributed by atoms with Crippen molar-refractivity contribution in [3.63, 3.8) is 0 Å². The van der Waals surface area contributed by atoms with Gasteiger partial charge in [0.2, 0.25) is 0 Å². The molecule has 2 aliphatic carbocycles. The minimum Gasteiger partial charge on any atom is -0.455 e. The van der Waals surface area contributed by atoms with Crippen molar-refractivity contribution < 1.29 is 4.42 Å². The summed E-state index contributed by atoms with van der Waals surface area (Å²) in [6.45, 7) is 7.15. The molecule has 2 aliphatic rings. The van der Waals surface area contributed by atoms with Crippen molar-refractivity contribution in [1.82, 2.24) is 4.57 Å². The van der Waals surface area contributed by atoms with Crippen LogP contribution >= 0.6 is 0 Å². The van der Waals surface area contributed by atoms with Crippen molar-refractivity contribution in [1.29, 1.82) is 0 Å². The summed E-state index contributed by atoms with van der Waals surface area (Å²) in [7, 11) is 0. The smallest absolute Gasteiger partial charge is 0.143 e. The molecule has 0 spiro atoms. The van der Waals surface area contributed by atoms with E-state index in [2.05, 4.69) is 260 Å². The number of hydrogen-bond acceptors (Lipinski definition) is 3. The van der Waals surface area contributed by atoms with E-state index in [0.29, 0.717) is 5.92 Å². The van der Waals surface area contributed by atoms with E-state index in [1.54, 1.807) is 0 Å². The number of benzene rings is 10. The van der Waals surface area contributed by atoms with Gasteiger partial charge in [-0.05, 0) is 142 Å². The number of aromatic nitrogens is 1. The van der Waals surface area contributed by atoms with Gasteiger partial charge in [0, 0.05) is 84.2 Å². The molecule has 14 rings (SSSR count). The van der Waals surface area contributed by atoms with Gasteiger partial charge in [0.1, 0.15) is 11.2 Å². The molecule has 2 aromatic heterocycles. The topological polar surface area (TPSA) is 24.6 Å². The Morgan fingerprint density at radius 1 is 0.471 bits per heavy atom. The lowest BCUT2D eigenvalue weighted by molar-refractivity contribution is 0.627. The van der Waals surface area contributed by atoms with Crippen LogP contribution in [0.15, 0.2) is 240 Å². The van der Waals surface area contributed by atoms with Crippen LogP contribution in [0.1, 0.15) is 38.3 Å². The molecule has 0 saturated heterocycles. The average Bonchev–Trinajstić information content (AvgIpc) is 4.03. The second-order valence-corrected chi connectivity index (χ2v) is 19.7. The molecule has 4 heteroatoms. The molecule has 0 amide bonds. The lowest BCUT2D eigenvalue weighted by Gasteiger charge is -2.36. The van der Waals surface area contributed by atoms with Crippen LogP contribution in [0.25, 0.3) is 76.5 Å². The Hall–Kier alpha value is -8.60. The predicted molar refractivity (Wildman–Crippen MR) is 295 cm³/mol. The Labute approximate surface area is 407 Å². The lowest BCUT2D eigenvalue weighted by Crippen LogP contribution is -2.26. The molecular formula is C66H49N3O. The highest BCUT2D eigenvalue weighted by Gasteiger charge is 2.40. The van der Waals surface area contributed by atoms with Crippen LogP contribution in [0, 0.1) is 5.92 Å². The third kappa shape index (κ3) is 6.02. The van der Waals surface area contributed by atoms with E-state index >= 15 is 0 Å². The Morgan fingerprint density at radius 2 is 1.04 bits per heavy atom. The van der Waals surface area contributed by atoms with E-state index in [4.69, 9.17) is 4.42 Å². The fraction of sp³-hybridized carbons (Fsp3) is 0.0909. The number of fused-ring (bicyclic) bond motifs is 13. The third-order valence-electron chi connectivity index (χ3n) is 15.4. The zero-order valence-corrected chi connectivity index (χ0v) is 39.4. The molecule has 2 heterocycles. The SMILES string of the molecule is CC1CC2=C(C=C1N(c1ccccc1)c1ccc3c(c1)oc1c4ccc(N(c5ccccc5)c5ccc6c(c5)c5ccccc5n6-c5ccccc5)cc4c4ccccc4c31)C(C)(C)c1ccccc12. The normalized spacial score (nSPS) is 15.3. The molecular weight excluding hydrogens is 851 g/mol. The van der Waals surface area contributed by atoms with E-state index in [-0.39, 0.29) is 5.41 Å². The van der Waals surface area contributed by atoms with E-state index in [1.807, 2.05) is 0 Å². The van der Waals surface area contributed by atoms with Gasteiger partial charge in [-0.1, -0.05) is 142 Å². The summed E-state index contributed by atoms with van der Waals surface area (Å²) < 4.78 is 9.56. The van der Waals surface area contributed by atoms with Gasteiger partial charge >= 0.3 is 0 Å². The number of hydrogen-bond donors (Lipinski definition) is 0. The maximum Gasteiger partial charge on any atom is 0.143 e. The Balaban J connectivity index is 0.934. The molecule has 1 atom stereocenters. The molecule has 0 fully saturated rings. The number of furan rings is 1. The first kappa shape index (κ1) is 40.5. The van der Waals surface area contributed by atoms with Crippen LogP contribution in [-0.4, -0.2) is 4.57 Å². The van der Waals surface area contributed by atoms with Crippen LogP contribution in [0.5, 0.6) is 0 Å². The van der Waals surface area contributed by atoms with E-state index < -0.39 is 0 Å². The monoisotopic (exact) mass is 899 g/mol.